The maximum Gasteiger partial charge on any atom is 0.160 e. The summed E-state index contributed by atoms with van der Waals surface area (Å²) in [6.07, 6.45) is 3.70. The van der Waals surface area contributed by atoms with Crippen LogP contribution >= 0.6 is 0 Å². The van der Waals surface area contributed by atoms with Crippen molar-refractivity contribution in [3.05, 3.63) is 212 Å². The van der Waals surface area contributed by atoms with Gasteiger partial charge in [0.25, 0.3) is 0 Å². The van der Waals surface area contributed by atoms with Crippen LogP contribution in [0, 0.1) is 0 Å². The van der Waals surface area contributed by atoms with E-state index in [1.165, 1.54) is 60.7 Å². The van der Waals surface area contributed by atoms with Gasteiger partial charge in [-0.3, -0.25) is 4.98 Å². The minimum Gasteiger partial charge on any atom is -0.264 e. The Balaban J connectivity index is 0.974. The molecule has 8 aromatic carbocycles. The van der Waals surface area contributed by atoms with E-state index in [-0.39, 0.29) is 5.41 Å². The first kappa shape index (κ1) is 34.7. The van der Waals surface area contributed by atoms with E-state index >= 15 is 0 Å². The number of pyridine rings is 1. The zero-order valence-electron chi connectivity index (χ0n) is 32.9. The van der Waals surface area contributed by atoms with E-state index in [4.69, 9.17) is 9.97 Å². The summed E-state index contributed by atoms with van der Waals surface area (Å²) in [6.45, 7) is 4.72. The average Bonchev–Trinajstić information content (AvgIpc) is 3.54. The van der Waals surface area contributed by atoms with E-state index in [0.717, 1.165) is 44.6 Å². The molecule has 0 N–H and O–H groups in total. The van der Waals surface area contributed by atoms with Gasteiger partial charge in [-0.2, -0.15) is 0 Å². The predicted octanol–water partition coefficient (Wildman–Crippen LogP) is 14.5. The van der Waals surface area contributed by atoms with Gasteiger partial charge in [0.1, 0.15) is 0 Å². The molecule has 1 aliphatic rings. The summed E-state index contributed by atoms with van der Waals surface area (Å²) in [6, 6.07) is 67.6. The molecule has 278 valence electrons. The zero-order valence-corrected chi connectivity index (χ0v) is 32.9. The quantitative estimate of drug-likeness (QED) is 0.170. The van der Waals surface area contributed by atoms with Crippen LogP contribution in [-0.2, 0) is 5.41 Å². The molecule has 3 heteroatoms. The first-order valence-corrected chi connectivity index (χ1v) is 20.2. The molecule has 1 aliphatic carbocycles. The molecule has 0 saturated carbocycles. The fourth-order valence-corrected chi connectivity index (χ4v) is 9.14. The van der Waals surface area contributed by atoms with E-state index in [2.05, 4.69) is 183 Å². The summed E-state index contributed by atoms with van der Waals surface area (Å²) >= 11 is 0. The molecule has 0 spiro atoms. The van der Waals surface area contributed by atoms with Gasteiger partial charge in [0.2, 0.25) is 0 Å². The molecule has 0 unspecified atom stereocenters. The maximum absolute atomic E-state index is 5.22. The topological polar surface area (TPSA) is 38.7 Å². The average molecular weight is 754 g/mol. The van der Waals surface area contributed by atoms with Crippen molar-refractivity contribution < 1.29 is 0 Å². The van der Waals surface area contributed by atoms with E-state index in [1.807, 2.05) is 30.5 Å². The Morgan fingerprint density at radius 1 is 0.373 bits per heavy atom. The third-order valence-electron chi connectivity index (χ3n) is 12.2. The highest BCUT2D eigenvalue weighted by atomic mass is 14.9. The van der Waals surface area contributed by atoms with Gasteiger partial charge in [-0.05, 0) is 95.9 Å². The highest BCUT2D eigenvalue weighted by Crippen LogP contribution is 2.52. The van der Waals surface area contributed by atoms with Crippen molar-refractivity contribution in [1.29, 1.82) is 0 Å². The minimum atomic E-state index is -0.0818. The molecule has 0 amide bonds. The Hall–Kier alpha value is -7.49. The molecular formula is C56H39N3. The molecule has 0 saturated heterocycles. The number of aromatic nitrogens is 3. The lowest BCUT2D eigenvalue weighted by Gasteiger charge is -2.22. The van der Waals surface area contributed by atoms with Crippen molar-refractivity contribution in [3.63, 3.8) is 0 Å². The molecule has 0 atom stereocenters. The van der Waals surface area contributed by atoms with Crippen molar-refractivity contribution in [3.8, 4) is 78.4 Å². The number of nitrogens with zero attached hydrogens (tertiary/aromatic N) is 3. The molecule has 11 rings (SSSR count). The van der Waals surface area contributed by atoms with Crippen LogP contribution in [0.15, 0.2) is 200 Å². The Labute approximate surface area is 344 Å². The van der Waals surface area contributed by atoms with Crippen molar-refractivity contribution in [2.24, 2.45) is 0 Å². The summed E-state index contributed by atoms with van der Waals surface area (Å²) in [5.74, 6) is 0.695. The van der Waals surface area contributed by atoms with E-state index < -0.39 is 0 Å². The van der Waals surface area contributed by atoms with Crippen LogP contribution in [0.3, 0.4) is 0 Å². The largest absolute Gasteiger partial charge is 0.264 e. The molecule has 59 heavy (non-hydrogen) atoms. The maximum atomic E-state index is 5.22. The van der Waals surface area contributed by atoms with Gasteiger partial charge in [-0.1, -0.05) is 178 Å². The highest BCUT2D eigenvalue weighted by Gasteiger charge is 2.36. The van der Waals surface area contributed by atoms with Gasteiger partial charge in [0, 0.05) is 40.1 Å². The number of benzene rings is 8. The molecule has 0 aliphatic heterocycles. The molecule has 3 nitrogen and oxygen atoms in total. The van der Waals surface area contributed by atoms with Crippen LogP contribution in [-0.4, -0.2) is 15.0 Å². The summed E-state index contributed by atoms with van der Waals surface area (Å²) in [4.78, 5) is 14.7. The predicted molar refractivity (Wildman–Crippen MR) is 245 cm³/mol. The van der Waals surface area contributed by atoms with Crippen molar-refractivity contribution in [2.75, 3.05) is 0 Å². The van der Waals surface area contributed by atoms with Gasteiger partial charge in [0.15, 0.2) is 5.82 Å². The second kappa shape index (κ2) is 13.9. The molecule has 0 bridgehead atoms. The number of fused-ring (bicyclic) bond motifs is 6. The third-order valence-corrected chi connectivity index (χ3v) is 12.2. The van der Waals surface area contributed by atoms with Crippen LogP contribution in [0.5, 0.6) is 0 Å². The molecule has 10 aromatic rings. The highest BCUT2D eigenvalue weighted by molar-refractivity contribution is 6.05. The van der Waals surface area contributed by atoms with E-state index in [9.17, 15) is 0 Å². The van der Waals surface area contributed by atoms with Crippen LogP contribution in [0.4, 0.5) is 0 Å². The van der Waals surface area contributed by atoms with Gasteiger partial charge in [0.05, 0.1) is 11.4 Å². The fraction of sp³-hybridized carbons (Fsp3) is 0.0536. The van der Waals surface area contributed by atoms with Crippen LogP contribution in [0.2, 0.25) is 0 Å². The summed E-state index contributed by atoms with van der Waals surface area (Å²) in [7, 11) is 0. The monoisotopic (exact) mass is 753 g/mol. The number of rotatable bonds is 6. The van der Waals surface area contributed by atoms with Crippen LogP contribution in [0.25, 0.3) is 100.0 Å². The van der Waals surface area contributed by atoms with E-state index in [0.29, 0.717) is 5.82 Å². The second-order valence-electron chi connectivity index (χ2n) is 16.0. The fourth-order valence-electron chi connectivity index (χ4n) is 9.14. The van der Waals surface area contributed by atoms with Crippen molar-refractivity contribution >= 4 is 21.5 Å². The van der Waals surface area contributed by atoms with Crippen LogP contribution < -0.4 is 0 Å². The van der Waals surface area contributed by atoms with Gasteiger partial charge in [-0.15, -0.1) is 0 Å². The number of hydrogen-bond acceptors (Lipinski definition) is 3. The summed E-state index contributed by atoms with van der Waals surface area (Å²) < 4.78 is 0. The molecular weight excluding hydrogens is 715 g/mol. The molecule has 0 radical (unpaired) electrons. The minimum absolute atomic E-state index is 0.0818. The second-order valence-corrected chi connectivity index (χ2v) is 16.0. The standard InChI is InChI=1S/C56H39N3/c1-56(2)50-30-26-37-12-6-7-18-45(37)54(50)49-27-25-41(33-51(49)56)36-21-23-38(24-22-36)44-28-29-48(47-20-9-8-19-46(44)47)53-34-52(58-55(59-53)39-13-4-3-5-14-39)42-16-10-15-40(32-42)43-17-11-31-57-35-43/h3-35H,1-2H3. The normalized spacial score (nSPS) is 12.7. The Bertz CT molecular complexity index is 3220. The Morgan fingerprint density at radius 2 is 1.00 bits per heavy atom. The van der Waals surface area contributed by atoms with Gasteiger partial charge < -0.3 is 0 Å². The molecule has 0 fully saturated rings. The lowest BCUT2D eigenvalue weighted by molar-refractivity contribution is 0.661. The molecule has 2 aromatic heterocycles. The first-order chi connectivity index (χ1) is 29.0. The lowest BCUT2D eigenvalue weighted by atomic mass is 9.81. The SMILES string of the molecule is CC1(C)c2cc(-c3ccc(-c4ccc(-c5cc(-c6cccc(-c7cccnc7)c6)nc(-c6ccccc6)n5)c5ccccc45)cc3)ccc2-c2c1ccc1ccccc21. The Kier molecular flexibility index (Phi) is 8.16. The zero-order chi connectivity index (χ0) is 39.5. The summed E-state index contributed by atoms with van der Waals surface area (Å²) in [5, 5.41) is 4.95. The van der Waals surface area contributed by atoms with Crippen LogP contribution in [0.1, 0.15) is 25.0 Å². The third kappa shape index (κ3) is 5.94. The molecule has 2 heterocycles. The van der Waals surface area contributed by atoms with Gasteiger partial charge in [-0.25, -0.2) is 9.97 Å². The van der Waals surface area contributed by atoms with E-state index in [1.54, 1.807) is 6.20 Å². The number of hydrogen-bond donors (Lipinski definition) is 0. The lowest BCUT2D eigenvalue weighted by Crippen LogP contribution is -2.15. The Morgan fingerprint density at radius 3 is 1.81 bits per heavy atom. The smallest absolute Gasteiger partial charge is 0.160 e. The van der Waals surface area contributed by atoms with Gasteiger partial charge >= 0.3 is 0 Å². The summed E-state index contributed by atoms with van der Waals surface area (Å²) in [5.41, 5.74) is 17.2. The first-order valence-electron chi connectivity index (χ1n) is 20.2. The van der Waals surface area contributed by atoms with Crippen molar-refractivity contribution in [1.82, 2.24) is 15.0 Å². The van der Waals surface area contributed by atoms with Crippen molar-refractivity contribution in [2.45, 2.75) is 19.3 Å².